The number of halogens is 1. The summed E-state index contributed by atoms with van der Waals surface area (Å²) in [5.74, 6) is -1.25. The molecule has 0 unspecified atom stereocenters. The number of carboxylic acid groups (broad SMARTS) is 1. The van der Waals surface area contributed by atoms with Crippen LogP contribution >= 0.6 is 27.3 Å². The van der Waals surface area contributed by atoms with Crippen molar-refractivity contribution in [1.82, 2.24) is 10.2 Å². The second-order valence-corrected chi connectivity index (χ2v) is 7.04. The standard InChI is InChI=1S/C12H15BrN2O3S/c13-10-4-3-9(19-10)6-14-12(18)15-5-1-2-8(7-15)11(16)17/h3-4,8H,1-2,5-7H2,(H,14,18)(H,16,17)/t8-/m1/s1. The molecule has 0 radical (unpaired) electrons. The zero-order chi connectivity index (χ0) is 13.8. The number of carboxylic acids is 1. The Morgan fingerprint density at radius 2 is 2.32 bits per heavy atom. The summed E-state index contributed by atoms with van der Waals surface area (Å²) in [6, 6.07) is 3.70. The molecule has 7 heteroatoms. The average Bonchev–Trinajstić information content (AvgIpc) is 2.82. The highest BCUT2D eigenvalue weighted by atomic mass is 79.9. The lowest BCUT2D eigenvalue weighted by atomic mass is 9.99. The van der Waals surface area contributed by atoms with E-state index >= 15 is 0 Å². The number of aliphatic carboxylic acids is 1. The summed E-state index contributed by atoms with van der Waals surface area (Å²) in [7, 11) is 0. The summed E-state index contributed by atoms with van der Waals surface area (Å²) >= 11 is 4.94. The Kier molecular flexibility index (Phi) is 4.81. The van der Waals surface area contributed by atoms with Gasteiger partial charge in [-0.1, -0.05) is 0 Å². The lowest BCUT2D eigenvalue weighted by Crippen LogP contribution is -2.46. The molecule has 19 heavy (non-hydrogen) atoms. The number of thiophene rings is 1. The minimum absolute atomic E-state index is 0.185. The molecule has 2 N–H and O–H groups in total. The number of likely N-dealkylation sites (tertiary alicyclic amines) is 1. The van der Waals surface area contributed by atoms with Gasteiger partial charge in [-0.05, 0) is 40.9 Å². The number of nitrogens with one attached hydrogen (secondary N) is 1. The number of nitrogens with zero attached hydrogens (tertiary/aromatic N) is 1. The molecular weight excluding hydrogens is 332 g/mol. The third-order valence-corrected chi connectivity index (χ3v) is 4.72. The molecule has 0 saturated carbocycles. The van der Waals surface area contributed by atoms with E-state index < -0.39 is 11.9 Å². The Morgan fingerprint density at radius 3 is 2.95 bits per heavy atom. The van der Waals surface area contributed by atoms with E-state index in [0.29, 0.717) is 26.1 Å². The summed E-state index contributed by atoms with van der Waals surface area (Å²) in [5, 5.41) is 11.8. The molecule has 1 saturated heterocycles. The maximum Gasteiger partial charge on any atom is 0.317 e. The van der Waals surface area contributed by atoms with Crippen molar-refractivity contribution >= 4 is 39.3 Å². The van der Waals surface area contributed by atoms with Crippen LogP contribution in [0.2, 0.25) is 0 Å². The SMILES string of the molecule is O=C(O)[C@@H]1CCCN(C(=O)NCc2ccc(Br)s2)C1. The van der Waals surface area contributed by atoms with E-state index in [1.165, 1.54) is 0 Å². The van der Waals surface area contributed by atoms with E-state index in [0.717, 1.165) is 15.1 Å². The number of piperidine rings is 1. The molecule has 0 aromatic carbocycles. The van der Waals surface area contributed by atoms with Crippen molar-refractivity contribution in [3.05, 3.63) is 20.8 Å². The Bertz CT molecular complexity index is 477. The summed E-state index contributed by atoms with van der Waals surface area (Å²) in [6.45, 7) is 1.41. The molecule has 0 bridgehead atoms. The van der Waals surface area contributed by atoms with Crippen LogP contribution in [0, 0.1) is 5.92 Å². The van der Waals surface area contributed by atoms with Crippen molar-refractivity contribution in [1.29, 1.82) is 0 Å². The number of carbonyl (C=O) groups is 2. The van der Waals surface area contributed by atoms with Gasteiger partial charge in [0, 0.05) is 18.0 Å². The maximum atomic E-state index is 12.0. The molecule has 0 aliphatic carbocycles. The Morgan fingerprint density at radius 1 is 1.53 bits per heavy atom. The van der Waals surface area contributed by atoms with Crippen LogP contribution in [0.15, 0.2) is 15.9 Å². The molecular formula is C12H15BrN2O3S. The fraction of sp³-hybridized carbons (Fsp3) is 0.500. The van der Waals surface area contributed by atoms with E-state index in [-0.39, 0.29) is 6.03 Å². The molecule has 1 aliphatic rings. The summed E-state index contributed by atoms with van der Waals surface area (Å²) in [5.41, 5.74) is 0. The number of hydrogen-bond donors (Lipinski definition) is 2. The zero-order valence-electron chi connectivity index (χ0n) is 10.3. The molecule has 1 fully saturated rings. The van der Waals surface area contributed by atoms with Gasteiger partial charge in [0.1, 0.15) is 0 Å². The first-order valence-electron chi connectivity index (χ1n) is 6.06. The summed E-state index contributed by atoms with van der Waals surface area (Å²) in [6.07, 6.45) is 1.39. The van der Waals surface area contributed by atoms with Crippen molar-refractivity contribution in [3.63, 3.8) is 0 Å². The van der Waals surface area contributed by atoms with Crippen molar-refractivity contribution in [3.8, 4) is 0 Å². The number of amides is 2. The molecule has 2 rings (SSSR count). The summed E-state index contributed by atoms with van der Waals surface area (Å²) < 4.78 is 1.03. The number of rotatable bonds is 3. The van der Waals surface area contributed by atoms with Crippen LogP contribution in [-0.2, 0) is 11.3 Å². The first kappa shape index (κ1) is 14.3. The van der Waals surface area contributed by atoms with Gasteiger partial charge in [0.2, 0.25) is 0 Å². The Hall–Kier alpha value is -1.08. The highest BCUT2D eigenvalue weighted by Crippen LogP contribution is 2.22. The van der Waals surface area contributed by atoms with Crippen molar-refractivity contribution in [2.75, 3.05) is 13.1 Å². The zero-order valence-corrected chi connectivity index (χ0v) is 12.7. The van der Waals surface area contributed by atoms with Crippen LogP contribution in [-0.4, -0.2) is 35.1 Å². The first-order chi connectivity index (χ1) is 9.06. The fourth-order valence-corrected chi connectivity index (χ4v) is 3.51. The van der Waals surface area contributed by atoms with Gasteiger partial charge in [-0.15, -0.1) is 11.3 Å². The van der Waals surface area contributed by atoms with Gasteiger partial charge in [0.15, 0.2) is 0 Å². The van der Waals surface area contributed by atoms with Crippen molar-refractivity contribution < 1.29 is 14.7 Å². The molecule has 1 aromatic heterocycles. The monoisotopic (exact) mass is 346 g/mol. The lowest BCUT2D eigenvalue weighted by Gasteiger charge is -2.30. The predicted molar refractivity (Wildman–Crippen MR) is 76.2 cm³/mol. The first-order valence-corrected chi connectivity index (χ1v) is 7.67. The van der Waals surface area contributed by atoms with Gasteiger partial charge < -0.3 is 15.3 Å². The molecule has 1 aromatic rings. The fourth-order valence-electron chi connectivity index (χ4n) is 2.08. The molecule has 5 nitrogen and oxygen atoms in total. The minimum Gasteiger partial charge on any atom is -0.481 e. The van der Waals surface area contributed by atoms with E-state index in [4.69, 9.17) is 5.11 Å². The van der Waals surface area contributed by atoms with Crippen LogP contribution in [0.5, 0.6) is 0 Å². The highest BCUT2D eigenvalue weighted by molar-refractivity contribution is 9.11. The van der Waals surface area contributed by atoms with Gasteiger partial charge in [-0.25, -0.2) is 4.79 Å². The third-order valence-electron chi connectivity index (χ3n) is 3.10. The maximum absolute atomic E-state index is 12.0. The predicted octanol–water partition coefficient (Wildman–Crippen LogP) is 2.52. The van der Waals surface area contributed by atoms with Crippen LogP contribution in [0.4, 0.5) is 4.79 Å². The van der Waals surface area contributed by atoms with Crippen molar-refractivity contribution in [2.24, 2.45) is 5.92 Å². The van der Waals surface area contributed by atoms with Gasteiger partial charge >= 0.3 is 12.0 Å². The van der Waals surface area contributed by atoms with Gasteiger partial charge in [-0.3, -0.25) is 4.79 Å². The minimum atomic E-state index is -0.820. The number of carbonyl (C=O) groups excluding carboxylic acids is 1. The topological polar surface area (TPSA) is 69.6 Å². The highest BCUT2D eigenvalue weighted by Gasteiger charge is 2.27. The third kappa shape index (κ3) is 3.94. The Labute approximate surface area is 123 Å². The van der Waals surface area contributed by atoms with Crippen LogP contribution in [0.1, 0.15) is 17.7 Å². The van der Waals surface area contributed by atoms with Crippen molar-refractivity contribution in [2.45, 2.75) is 19.4 Å². The van der Waals surface area contributed by atoms with Crippen LogP contribution in [0.25, 0.3) is 0 Å². The van der Waals surface area contributed by atoms with E-state index in [9.17, 15) is 9.59 Å². The van der Waals surface area contributed by atoms with Gasteiger partial charge in [0.25, 0.3) is 0 Å². The lowest BCUT2D eigenvalue weighted by molar-refractivity contribution is -0.143. The average molecular weight is 347 g/mol. The van der Waals surface area contributed by atoms with E-state index in [1.807, 2.05) is 12.1 Å². The molecule has 1 atom stereocenters. The van der Waals surface area contributed by atoms with Gasteiger partial charge in [-0.2, -0.15) is 0 Å². The number of urea groups is 1. The molecule has 104 valence electrons. The molecule has 2 amide bonds. The second kappa shape index (κ2) is 6.38. The normalized spacial score (nSPS) is 19.2. The number of hydrogen-bond acceptors (Lipinski definition) is 3. The largest absolute Gasteiger partial charge is 0.481 e. The molecule has 2 heterocycles. The Balaban J connectivity index is 1.84. The smallest absolute Gasteiger partial charge is 0.317 e. The van der Waals surface area contributed by atoms with E-state index in [2.05, 4.69) is 21.2 Å². The van der Waals surface area contributed by atoms with Crippen LogP contribution in [0.3, 0.4) is 0 Å². The molecule has 0 spiro atoms. The summed E-state index contributed by atoms with van der Waals surface area (Å²) in [4.78, 5) is 25.6. The quantitative estimate of drug-likeness (QED) is 0.883. The van der Waals surface area contributed by atoms with E-state index in [1.54, 1.807) is 16.2 Å². The van der Waals surface area contributed by atoms with Crippen LogP contribution < -0.4 is 5.32 Å². The second-order valence-electron chi connectivity index (χ2n) is 4.49. The van der Waals surface area contributed by atoms with Gasteiger partial charge in [0.05, 0.1) is 16.2 Å². The molecule has 1 aliphatic heterocycles.